The number of nitrogens with zero attached hydrogens (tertiary/aromatic N) is 2. The molecule has 1 aromatic rings. The van der Waals surface area contributed by atoms with Crippen LogP contribution in [0, 0.1) is 0 Å². The monoisotopic (exact) mass is 351 g/mol. The Morgan fingerprint density at radius 1 is 1.42 bits per heavy atom. The first-order chi connectivity index (χ1) is 11.4. The van der Waals surface area contributed by atoms with E-state index in [0.29, 0.717) is 24.4 Å². The van der Waals surface area contributed by atoms with Crippen LogP contribution in [0.15, 0.2) is 17.5 Å². The topological polar surface area (TPSA) is 69.7 Å². The van der Waals surface area contributed by atoms with Crippen LogP contribution in [-0.2, 0) is 9.59 Å². The number of likely N-dealkylation sites (N-methyl/N-ethyl adjacent to an activating group) is 1. The predicted molar refractivity (Wildman–Crippen MR) is 93.9 cm³/mol. The Balaban J connectivity index is 2.05. The maximum atomic E-state index is 12.8. The fourth-order valence-corrected chi connectivity index (χ4v) is 3.58. The van der Waals surface area contributed by atoms with Crippen molar-refractivity contribution in [3.63, 3.8) is 0 Å². The molecule has 2 rings (SSSR count). The zero-order valence-electron chi connectivity index (χ0n) is 14.4. The SMILES string of the molecule is CCN(CC(=O)NC(C)C)C(=O)[C@H]1CCCN1C(=O)c1cccs1. The van der Waals surface area contributed by atoms with Gasteiger partial charge in [0.05, 0.1) is 11.4 Å². The fraction of sp³-hybridized carbons (Fsp3) is 0.588. The first kappa shape index (κ1) is 18.4. The first-order valence-corrected chi connectivity index (χ1v) is 9.24. The van der Waals surface area contributed by atoms with Crippen LogP contribution in [-0.4, -0.2) is 59.2 Å². The maximum Gasteiger partial charge on any atom is 0.264 e. The van der Waals surface area contributed by atoms with Crippen LogP contribution in [0.5, 0.6) is 0 Å². The summed E-state index contributed by atoms with van der Waals surface area (Å²) in [7, 11) is 0. The van der Waals surface area contributed by atoms with E-state index >= 15 is 0 Å². The highest BCUT2D eigenvalue weighted by molar-refractivity contribution is 7.12. The third kappa shape index (κ3) is 4.35. The molecule has 2 heterocycles. The van der Waals surface area contributed by atoms with Gasteiger partial charge in [-0.15, -0.1) is 11.3 Å². The number of hydrogen-bond donors (Lipinski definition) is 1. The lowest BCUT2D eigenvalue weighted by Crippen LogP contribution is -2.50. The number of hydrogen-bond acceptors (Lipinski definition) is 4. The molecule has 0 aliphatic carbocycles. The number of thiophene rings is 1. The number of carbonyl (C=O) groups is 3. The Bertz CT molecular complexity index is 586. The van der Waals surface area contributed by atoms with Gasteiger partial charge in [0, 0.05) is 19.1 Å². The molecule has 24 heavy (non-hydrogen) atoms. The second kappa shape index (κ2) is 8.28. The highest BCUT2D eigenvalue weighted by Gasteiger charge is 2.37. The highest BCUT2D eigenvalue weighted by atomic mass is 32.1. The molecule has 3 amide bonds. The molecular formula is C17H25N3O3S. The summed E-state index contributed by atoms with van der Waals surface area (Å²) in [6, 6.07) is 3.18. The lowest BCUT2D eigenvalue weighted by atomic mass is 10.2. The molecule has 132 valence electrons. The summed E-state index contributed by atoms with van der Waals surface area (Å²) in [5.41, 5.74) is 0. The van der Waals surface area contributed by atoms with Gasteiger partial charge in [0.2, 0.25) is 11.8 Å². The van der Waals surface area contributed by atoms with Crippen LogP contribution in [0.25, 0.3) is 0 Å². The van der Waals surface area contributed by atoms with Crippen molar-refractivity contribution in [1.29, 1.82) is 0 Å². The summed E-state index contributed by atoms with van der Waals surface area (Å²) >= 11 is 1.38. The van der Waals surface area contributed by atoms with Gasteiger partial charge in [0.1, 0.15) is 6.04 Å². The summed E-state index contributed by atoms with van der Waals surface area (Å²) in [4.78, 5) is 41.2. The number of nitrogens with one attached hydrogen (secondary N) is 1. The highest BCUT2D eigenvalue weighted by Crippen LogP contribution is 2.23. The van der Waals surface area contributed by atoms with Crippen LogP contribution in [0.3, 0.4) is 0 Å². The Labute approximate surface area is 146 Å². The molecule has 0 aromatic carbocycles. The molecule has 1 atom stereocenters. The van der Waals surface area contributed by atoms with Crippen molar-refractivity contribution in [2.45, 2.75) is 45.7 Å². The van der Waals surface area contributed by atoms with E-state index in [2.05, 4.69) is 5.32 Å². The van der Waals surface area contributed by atoms with E-state index in [-0.39, 0.29) is 30.3 Å². The van der Waals surface area contributed by atoms with Crippen LogP contribution >= 0.6 is 11.3 Å². The van der Waals surface area contributed by atoms with Crippen molar-refractivity contribution in [3.05, 3.63) is 22.4 Å². The number of rotatable bonds is 6. The average Bonchev–Trinajstić information content (AvgIpc) is 3.21. The van der Waals surface area contributed by atoms with Crippen molar-refractivity contribution < 1.29 is 14.4 Å². The van der Waals surface area contributed by atoms with Gasteiger partial charge in [-0.25, -0.2) is 0 Å². The summed E-state index contributed by atoms with van der Waals surface area (Å²) in [5.74, 6) is -0.406. The molecule has 6 nitrogen and oxygen atoms in total. The van der Waals surface area contributed by atoms with Crippen LogP contribution in [0.2, 0.25) is 0 Å². The fourth-order valence-electron chi connectivity index (χ4n) is 2.91. The third-order valence-electron chi connectivity index (χ3n) is 4.01. The van der Waals surface area contributed by atoms with Crippen LogP contribution in [0.1, 0.15) is 43.3 Å². The second-order valence-corrected chi connectivity index (χ2v) is 7.16. The minimum atomic E-state index is -0.466. The number of carbonyl (C=O) groups excluding carboxylic acids is 3. The lowest BCUT2D eigenvalue weighted by Gasteiger charge is -2.29. The molecule has 0 saturated carbocycles. The molecule has 0 spiro atoms. The summed E-state index contributed by atoms with van der Waals surface area (Å²) in [6.45, 7) is 6.68. The lowest BCUT2D eigenvalue weighted by molar-refractivity contribution is -0.139. The molecular weight excluding hydrogens is 326 g/mol. The van der Waals surface area contributed by atoms with Crippen molar-refractivity contribution in [2.75, 3.05) is 19.6 Å². The first-order valence-electron chi connectivity index (χ1n) is 8.36. The molecule has 0 unspecified atom stereocenters. The number of likely N-dealkylation sites (tertiary alicyclic amines) is 1. The molecule has 7 heteroatoms. The van der Waals surface area contributed by atoms with E-state index in [1.807, 2.05) is 32.2 Å². The molecule has 1 fully saturated rings. The van der Waals surface area contributed by atoms with E-state index in [1.165, 1.54) is 16.2 Å². The Morgan fingerprint density at radius 2 is 2.17 bits per heavy atom. The largest absolute Gasteiger partial charge is 0.352 e. The minimum absolute atomic E-state index is 0.0328. The van der Waals surface area contributed by atoms with Gasteiger partial charge in [-0.1, -0.05) is 6.07 Å². The molecule has 1 N–H and O–H groups in total. The molecule has 1 aliphatic heterocycles. The van der Waals surface area contributed by atoms with Gasteiger partial charge < -0.3 is 15.1 Å². The van der Waals surface area contributed by atoms with Crippen molar-refractivity contribution in [3.8, 4) is 0 Å². The van der Waals surface area contributed by atoms with Crippen molar-refractivity contribution in [2.24, 2.45) is 0 Å². The molecule has 0 bridgehead atoms. The maximum absolute atomic E-state index is 12.8. The van der Waals surface area contributed by atoms with Crippen molar-refractivity contribution in [1.82, 2.24) is 15.1 Å². The average molecular weight is 351 g/mol. The second-order valence-electron chi connectivity index (χ2n) is 6.21. The van der Waals surface area contributed by atoms with Gasteiger partial charge in [-0.2, -0.15) is 0 Å². The smallest absolute Gasteiger partial charge is 0.264 e. The standard InChI is InChI=1S/C17H25N3O3S/c1-4-19(11-15(21)18-12(2)3)16(22)13-7-5-9-20(13)17(23)14-8-6-10-24-14/h6,8,10,12-13H,4-5,7,9,11H2,1-3H3,(H,18,21)/t13-/m1/s1. The van der Waals surface area contributed by atoms with E-state index in [1.54, 1.807) is 11.0 Å². The normalized spacial score (nSPS) is 17.2. The molecule has 0 radical (unpaired) electrons. The van der Waals surface area contributed by atoms with Gasteiger partial charge in [0.25, 0.3) is 5.91 Å². The Hall–Kier alpha value is -1.89. The summed E-state index contributed by atoms with van der Waals surface area (Å²) < 4.78 is 0. The van der Waals surface area contributed by atoms with Crippen LogP contribution in [0.4, 0.5) is 0 Å². The van der Waals surface area contributed by atoms with Gasteiger partial charge >= 0.3 is 0 Å². The van der Waals surface area contributed by atoms with Crippen molar-refractivity contribution >= 4 is 29.1 Å². The quantitative estimate of drug-likeness (QED) is 0.848. The zero-order valence-corrected chi connectivity index (χ0v) is 15.3. The van der Waals surface area contributed by atoms with E-state index in [9.17, 15) is 14.4 Å². The zero-order chi connectivity index (χ0) is 17.7. The predicted octanol–water partition coefficient (Wildman–Crippen LogP) is 1.73. The van der Waals surface area contributed by atoms with E-state index in [0.717, 1.165) is 6.42 Å². The minimum Gasteiger partial charge on any atom is -0.352 e. The van der Waals surface area contributed by atoms with Gasteiger partial charge in [-0.3, -0.25) is 14.4 Å². The molecule has 1 aromatic heterocycles. The molecule has 1 aliphatic rings. The summed E-state index contributed by atoms with van der Waals surface area (Å²) in [5, 5.41) is 4.65. The molecule has 1 saturated heterocycles. The third-order valence-corrected chi connectivity index (χ3v) is 4.87. The Kier molecular flexibility index (Phi) is 6.36. The van der Waals surface area contributed by atoms with Gasteiger partial charge in [-0.05, 0) is 45.1 Å². The van der Waals surface area contributed by atoms with Gasteiger partial charge in [0.15, 0.2) is 0 Å². The van der Waals surface area contributed by atoms with E-state index < -0.39 is 6.04 Å². The summed E-state index contributed by atoms with van der Waals surface area (Å²) in [6.07, 6.45) is 1.46. The van der Waals surface area contributed by atoms with Crippen LogP contribution < -0.4 is 5.32 Å². The Morgan fingerprint density at radius 3 is 2.75 bits per heavy atom. The number of amides is 3. The van der Waals surface area contributed by atoms with E-state index in [4.69, 9.17) is 0 Å².